The van der Waals surface area contributed by atoms with E-state index in [0.29, 0.717) is 13.0 Å². The van der Waals surface area contributed by atoms with Crippen molar-refractivity contribution in [1.29, 1.82) is 0 Å². The van der Waals surface area contributed by atoms with E-state index in [1.54, 1.807) is 12.4 Å². The second kappa shape index (κ2) is 10.1. The minimum absolute atomic E-state index is 0.0304. The zero-order valence-corrected chi connectivity index (χ0v) is 20.3. The fraction of sp³-hybridized carbons (Fsp3) is 0.500. The molecule has 0 aliphatic heterocycles. The molecular formula is C22H30F3N5O2Si. The third-order valence-electron chi connectivity index (χ3n) is 5.15. The van der Waals surface area contributed by atoms with Crippen LogP contribution in [0, 0.1) is 0 Å². The van der Waals surface area contributed by atoms with Gasteiger partial charge < -0.3 is 15.2 Å². The highest BCUT2D eigenvalue weighted by molar-refractivity contribution is 6.76. The van der Waals surface area contributed by atoms with Gasteiger partial charge in [0.05, 0.1) is 5.39 Å². The number of hydrogen-bond donors (Lipinski definition) is 1. The summed E-state index contributed by atoms with van der Waals surface area (Å²) in [5.74, 6) is -0.0775. The number of halogens is 3. The number of fused-ring (bicyclic) bond motifs is 1. The van der Waals surface area contributed by atoms with Gasteiger partial charge >= 0.3 is 12.2 Å². The van der Waals surface area contributed by atoms with Crippen LogP contribution < -0.4 is 10.5 Å². The van der Waals surface area contributed by atoms with E-state index in [1.165, 1.54) is 0 Å². The molecule has 0 spiro atoms. The van der Waals surface area contributed by atoms with Crippen LogP contribution in [-0.4, -0.2) is 34.2 Å². The molecule has 2 N–H and O–H groups in total. The smallest absolute Gasteiger partial charge is 0.431 e. The van der Waals surface area contributed by atoms with Crippen LogP contribution in [0.25, 0.3) is 11.0 Å². The zero-order chi connectivity index (χ0) is 24.2. The standard InChI is InChI=1S/C22H30F3N5O2Si/c1-5-6-17(15-7-9-27-10-8-15)32-21-28-19(26)16-13-18(22(23,24)25)30(20(16)29-21)14-31-11-12-33(2,3)4/h7-10,13,17H,5-6,11-12,14H2,1-4H3,(H2,26,28,29). The summed E-state index contributed by atoms with van der Waals surface area (Å²) in [7, 11) is -1.39. The Balaban J connectivity index is 1.96. The lowest BCUT2D eigenvalue weighted by molar-refractivity contribution is -0.145. The number of ether oxygens (including phenoxy) is 2. The number of rotatable bonds is 10. The van der Waals surface area contributed by atoms with E-state index in [0.717, 1.165) is 28.7 Å². The van der Waals surface area contributed by atoms with E-state index in [2.05, 4.69) is 34.6 Å². The first-order valence-electron chi connectivity index (χ1n) is 10.9. The van der Waals surface area contributed by atoms with Crippen molar-refractivity contribution < 1.29 is 22.6 Å². The minimum atomic E-state index is -4.60. The molecule has 0 aliphatic carbocycles. The van der Waals surface area contributed by atoms with E-state index < -0.39 is 19.9 Å². The number of hydrogen-bond acceptors (Lipinski definition) is 6. The highest BCUT2D eigenvalue weighted by atomic mass is 28.3. The number of anilines is 1. The molecule has 7 nitrogen and oxygen atoms in total. The lowest BCUT2D eigenvalue weighted by Crippen LogP contribution is -2.22. The van der Waals surface area contributed by atoms with Crippen LogP contribution in [0.1, 0.15) is 37.1 Å². The lowest BCUT2D eigenvalue weighted by Gasteiger charge is -2.18. The van der Waals surface area contributed by atoms with Crippen molar-refractivity contribution in [3.8, 4) is 6.01 Å². The predicted octanol–water partition coefficient (Wildman–Crippen LogP) is 5.66. The third kappa shape index (κ3) is 6.44. The summed E-state index contributed by atoms with van der Waals surface area (Å²) in [6.45, 7) is 8.62. The fourth-order valence-corrected chi connectivity index (χ4v) is 4.10. The van der Waals surface area contributed by atoms with Crippen molar-refractivity contribution in [2.45, 2.75) is 64.5 Å². The first kappa shape index (κ1) is 25.0. The molecule has 3 aromatic rings. The number of nitrogen functional groups attached to an aromatic ring is 1. The molecule has 0 aromatic carbocycles. The van der Waals surface area contributed by atoms with Crippen LogP contribution in [0.3, 0.4) is 0 Å². The third-order valence-corrected chi connectivity index (χ3v) is 6.85. The van der Waals surface area contributed by atoms with Gasteiger partial charge in [0.15, 0.2) is 5.65 Å². The molecule has 0 aliphatic rings. The molecule has 3 rings (SSSR count). The number of alkyl halides is 3. The summed E-state index contributed by atoms with van der Waals surface area (Å²) in [4.78, 5) is 12.4. The molecule has 33 heavy (non-hydrogen) atoms. The van der Waals surface area contributed by atoms with Crippen molar-refractivity contribution in [2.24, 2.45) is 0 Å². The maximum Gasteiger partial charge on any atom is 0.431 e. The Labute approximate surface area is 192 Å². The van der Waals surface area contributed by atoms with Gasteiger partial charge in [0.2, 0.25) is 0 Å². The molecule has 0 bridgehead atoms. The maximum absolute atomic E-state index is 13.8. The highest BCUT2D eigenvalue weighted by Gasteiger charge is 2.36. The topological polar surface area (TPSA) is 88.1 Å². The van der Waals surface area contributed by atoms with Crippen molar-refractivity contribution in [3.05, 3.63) is 41.9 Å². The van der Waals surface area contributed by atoms with E-state index in [4.69, 9.17) is 15.2 Å². The molecule has 1 atom stereocenters. The minimum Gasteiger partial charge on any atom is -0.455 e. The molecule has 180 valence electrons. The van der Waals surface area contributed by atoms with E-state index in [-0.39, 0.29) is 35.7 Å². The van der Waals surface area contributed by atoms with Gasteiger partial charge in [-0.05, 0) is 36.2 Å². The Bertz CT molecular complexity index is 1070. The van der Waals surface area contributed by atoms with Crippen LogP contribution >= 0.6 is 0 Å². The van der Waals surface area contributed by atoms with Crippen molar-refractivity contribution in [2.75, 3.05) is 12.3 Å². The molecule has 0 radical (unpaired) electrons. The van der Waals surface area contributed by atoms with E-state index in [1.807, 2.05) is 19.1 Å². The molecule has 3 aromatic heterocycles. The average Bonchev–Trinajstić information content (AvgIpc) is 3.10. The normalized spacial score (nSPS) is 13.4. The SMILES string of the molecule is CCCC(Oc1nc(N)c2cc(C(F)(F)F)n(COCC[Si](C)(C)C)c2n1)c1ccncc1. The first-order valence-corrected chi connectivity index (χ1v) is 14.6. The predicted molar refractivity (Wildman–Crippen MR) is 124 cm³/mol. The van der Waals surface area contributed by atoms with Crippen molar-refractivity contribution in [3.63, 3.8) is 0 Å². The van der Waals surface area contributed by atoms with Crippen molar-refractivity contribution >= 4 is 24.9 Å². The fourth-order valence-electron chi connectivity index (χ4n) is 3.34. The number of nitrogens with two attached hydrogens (primary N) is 1. The Hall–Kier alpha value is -2.66. The average molecular weight is 482 g/mol. The summed E-state index contributed by atoms with van der Waals surface area (Å²) in [6, 6.07) is 5.36. The molecule has 3 heterocycles. The van der Waals surface area contributed by atoms with Gasteiger partial charge in [0.1, 0.15) is 24.3 Å². The molecule has 0 amide bonds. The van der Waals surface area contributed by atoms with Crippen LogP contribution in [0.2, 0.25) is 25.7 Å². The van der Waals surface area contributed by atoms with Crippen LogP contribution in [-0.2, 0) is 17.6 Å². The summed E-state index contributed by atoms with van der Waals surface area (Å²) >= 11 is 0. The summed E-state index contributed by atoms with van der Waals surface area (Å²) in [5, 5.41) is 0.111. The Morgan fingerprint density at radius 2 is 1.85 bits per heavy atom. The Morgan fingerprint density at radius 3 is 2.45 bits per heavy atom. The van der Waals surface area contributed by atoms with Gasteiger partial charge in [0, 0.05) is 27.1 Å². The highest BCUT2D eigenvalue weighted by Crippen LogP contribution is 2.36. The van der Waals surface area contributed by atoms with E-state index >= 15 is 0 Å². The Morgan fingerprint density at radius 1 is 1.15 bits per heavy atom. The number of pyridine rings is 1. The molecule has 11 heteroatoms. The summed E-state index contributed by atoms with van der Waals surface area (Å²) in [5.41, 5.74) is 6.04. The van der Waals surface area contributed by atoms with Crippen LogP contribution in [0.4, 0.5) is 19.0 Å². The lowest BCUT2D eigenvalue weighted by atomic mass is 10.1. The van der Waals surface area contributed by atoms with Crippen LogP contribution in [0.15, 0.2) is 30.6 Å². The second-order valence-electron chi connectivity index (χ2n) is 9.11. The zero-order valence-electron chi connectivity index (χ0n) is 19.3. The molecule has 0 fully saturated rings. The van der Waals surface area contributed by atoms with Gasteiger partial charge in [-0.15, -0.1) is 0 Å². The molecule has 1 unspecified atom stereocenters. The number of nitrogens with zero attached hydrogens (tertiary/aromatic N) is 4. The van der Waals surface area contributed by atoms with Gasteiger partial charge in [0.25, 0.3) is 0 Å². The molecule has 0 saturated carbocycles. The van der Waals surface area contributed by atoms with Gasteiger partial charge in [-0.25, -0.2) is 0 Å². The van der Waals surface area contributed by atoms with E-state index in [9.17, 15) is 13.2 Å². The largest absolute Gasteiger partial charge is 0.455 e. The van der Waals surface area contributed by atoms with Crippen LogP contribution in [0.5, 0.6) is 6.01 Å². The van der Waals surface area contributed by atoms with Gasteiger partial charge in [-0.1, -0.05) is 33.0 Å². The summed E-state index contributed by atoms with van der Waals surface area (Å²) < 4.78 is 53.9. The maximum atomic E-state index is 13.8. The Kier molecular flexibility index (Phi) is 7.63. The van der Waals surface area contributed by atoms with Crippen molar-refractivity contribution in [1.82, 2.24) is 19.5 Å². The second-order valence-corrected chi connectivity index (χ2v) is 14.7. The quantitative estimate of drug-likeness (QED) is 0.297. The molecular weight excluding hydrogens is 451 g/mol. The first-order chi connectivity index (χ1) is 15.5. The van der Waals surface area contributed by atoms with Gasteiger partial charge in [-0.2, -0.15) is 23.1 Å². The number of aromatic nitrogens is 4. The molecule has 0 saturated heterocycles. The monoisotopic (exact) mass is 481 g/mol. The summed E-state index contributed by atoms with van der Waals surface area (Å²) in [6.07, 6.45) is -0.188. The van der Waals surface area contributed by atoms with Gasteiger partial charge in [-0.3, -0.25) is 9.55 Å².